The Balaban J connectivity index is 1.68. The highest BCUT2D eigenvalue weighted by atomic mass is 16.5. The van der Waals surface area contributed by atoms with Gasteiger partial charge in [-0.15, -0.1) is 0 Å². The number of nitrogens with zero attached hydrogens (tertiary/aromatic N) is 5. The average molecular weight is 319 g/mol. The highest BCUT2D eigenvalue weighted by Gasteiger charge is 2.23. The quantitative estimate of drug-likeness (QED) is 0.739. The summed E-state index contributed by atoms with van der Waals surface area (Å²) in [6.07, 6.45) is 1.43. The number of amides is 2. The van der Waals surface area contributed by atoms with Crippen molar-refractivity contribution in [2.24, 2.45) is 0 Å². The lowest BCUT2D eigenvalue weighted by molar-refractivity contribution is -0.129. The molecule has 124 valence electrons. The van der Waals surface area contributed by atoms with Crippen molar-refractivity contribution in [3.8, 4) is 0 Å². The zero-order chi connectivity index (χ0) is 16.2. The molecule has 0 unspecified atom stereocenters. The lowest BCUT2D eigenvalue weighted by Crippen LogP contribution is -2.48. The topological polar surface area (TPSA) is 78.9 Å². The van der Waals surface area contributed by atoms with E-state index >= 15 is 0 Å². The molecule has 0 N–H and O–H groups in total. The smallest absolute Gasteiger partial charge is 0.272 e. The number of hydrogen-bond acceptors (Lipinski definition) is 6. The molecule has 0 aromatic carbocycles. The van der Waals surface area contributed by atoms with Gasteiger partial charge in [-0.25, -0.2) is 9.97 Å². The normalized spacial score (nSPS) is 18.9. The van der Waals surface area contributed by atoms with Gasteiger partial charge in [0.25, 0.3) is 5.91 Å². The Bertz CT molecular complexity index is 580. The minimum absolute atomic E-state index is 0.0840. The number of morpholine rings is 1. The van der Waals surface area contributed by atoms with Gasteiger partial charge in [-0.3, -0.25) is 9.59 Å². The van der Waals surface area contributed by atoms with E-state index in [0.717, 1.165) is 5.82 Å². The number of carbonyl (C=O) groups excluding carboxylic acids is 2. The molecular weight excluding hydrogens is 298 g/mol. The van der Waals surface area contributed by atoms with Crippen LogP contribution < -0.4 is 4.90 Å². The van der Waals surface area contributed by atoms with Crippen LogP contribution in [0.1, 0.15) is 17.4 Å². The minimum Gasteiger partial charge on any atom is -0.378 e. The zero-order valence-electron chi connectivity index (χ0n) is 13.3. The predicted octanol–water partition coefficient (Wildman–Crippen LogP) is -0.382. The Morgan fingerprint density at radius 3 is 2.35 bits per heavy atom. The average Bonchev–Trinajstić information content (AvgIpc) is 2.62. The second kappa shape index (κ2) is 6.91. The maximum absolute atomic E-state index is 12.5. The van der Waals surface area contributed by atoms with Gasteiger partial charge in [0, 0.05) is 52.3 Å². The highest BCUT2D eigenvalue weighted by molar-refractivity contribution is 5.93. The molecule has 3 heterocycles. The number of ether oxygens (including phenoxy) is 1. The van der Waals surface area contributed by atoms with Crippen LogP contribution in [-0.4, -0.2) is 84.1 Å². The van der Waals surface area contributed by atoms with Crippen molar-refractivity contribution in [2.45, 2.75) is 6.92 Å². The first-order valence-electron chi connectivity index (χ1n) is 7.84. The Morgan fingerprint density at radius 2 is 1.70 bits per heavy atom. The van der Waals surface area contributed by atoms with Crippen LogP contribution in [0.4, 0.5) is 5.82 Å². The summed E-state index contributed by atoms with van der Waals surface area (Å²) in [5.74, 6) is 0.745. The van der Waals surface area contributed by atoms with E-state index in [1.54, 1.807) is 17.9 Å². The third kappa shape index (κ3) is 3.58. The molecule has 8 heteroatoms. The number of anilines is 1. The van der Waals surface area contributed by atoms with E-state index in [0.29, 0.717) is 58.2 Å². The van der Waals surface area contributed by atoms with Crippen molar-refractivity contribution in [3.05, 3.63) is 18.1 Å². The van der Waals surface area contributed by atoms with Gasteiger partial charge >= 0.3 is 0 Å². The van der Waals surface area contributed by atoms with E-state index in [4.69, 9.17) is 4.74 Å². The van der Waals surface area contributed by atoms with Gasteiger partial charge in [-0.2, -0.15) is 0 Å². The van der Waals surface area contributed by atoms with Crippen LogP contribution >= 0.6 is 0 Å². The molecule has 1 aromatic rings. The first-order chi connectivity index (χ1) is 11.1. The number of rotatable bonds is 2. The van der Waals surface area contributed by atoms with Gasteiger partial charge in [0.2, 0.25) is 5.91 Å². The lowest BCUT2D eigenvalue weighted by atomic mass is 10.2. The molecule has 0 atom stereocenters. The van der Waals surface area contributed by atoms with E-state index in [1.165, 1.54) is 6.33 Å². The summed E-state index contributed by atoms with van der Waals surface area (Å²) in [6.45, 7) is 6.67. The molecular formula is C15H21N5O3. The highest BCUT2D eigenvalue weighted by Crippen LogP contribution is 2.15. The molecule has 3 rings (SSSR count). The fourth-order valence-corrected chi connectivity index (χ4v) is 2.82. The number of aromatic nitrogens is 2. The summed E-state index contributed by atoms with van der Waals surface area (Å²) < 4.78 is 5.27. The number of piperazine rings is 1. The summed E-state index contributed by atoms with van der Waals surface area (Å²) in [5.41, 5.74) is 0.408. The molecule has 0 spiro atoms. The van der Waals surface area contributed by atoms with Crippen molar-refractivity contribution >= 4 is 17.6 Å². The largest absolute Gasteiger partial charge is 0.378 e. The first kappa shape index (κ1) is 15.7. The van der Waals surface area contributed by atoms with Crippen LogP contribution in [0.5, 0.6) is 0 Å². The second-order valence-electron chi connectivity index (χ2n) is 5.66. The molecule has 23 heavy (non-hydrogen) atoms. The summed E-state index contributed by atoms with van der Waals surface area (Å²) >= 11 is 0. The summed E-state index contributed by atoms with van der Waals surface area (Å²) in [4.78, 5) is 37.9. The molecule has 2 amide bonds. The third-order valence-corrected chi connectivity index (χ3v) is 4.22. The van der Waals surface area contributed by atoms with Crippen molar-refractivity contribution in [1.82, 2.24) is 19.8 Å². The first-order valence-corrected chi connectivity index (χ1v) is 7.84. The van der Waals surface area contributed by atoms with Gasteiger partial charge in [0.05, 0.1) is 13.2 Å². The van der Waals surface area contributed by atoms with Gasteiger partial charge in [0.15, 0.2) is 0 Å². The molecule has 2 aliphatic heterocycles. The molecule has 0 bridgehead atoms. The molecule has 1 aromatic heterocycles. The Hall–Kier alpha value is -2.22. The third-order valence-electron chi connectivity index (χ3n) is 4.22. The molecule has 0 radical (unpaired) electrons. The summed E-state index contributed by atoms with van der Waals surface area (Å²) in [5, 5.41) is 0. The van der Waals surface area contributed by atoms with Crippen LogP contribution in [0.25, 0.3) is 0 Å². The fraction of sp³-hybridized carbons (Fsp3) is 0.600. The van der Waals surface area contributed by atoms with E-state index in [1.807, 2.05) is 4.90 Å². The van der Waals surface area contributed by atoms with E-state index in [2.05, 4.69) is 14.9 Å². The Labute approximate surface area is 135 Å². The minimum atomic E-state index is -0.0840. The molecule has 2 aliphatic rings. The van der Waals surface area contributed by atoms with Gasteiger partial charge in [0.1, 0.15) is 17.8 Å². The van der Waals surface area contributed by atoms with Crippen LogP contribution in [0.2, 0.25) is 0 Å². The van der Waals surface area contributed by atoms with Crippen LogP contribution in [-0.2, 0) is 9.53 Å². The summed E-state index contributed by atoms with van der Waals surface area (Å²) in [7, 11) is 0. The van der Waals surface area contributed by atoms with Crippen molar-refractivity contribution in [3.63, 3.8) is 0 Å². The molecule has 0 saturated carbocycles. The van der Waals surface area contributed by atoms with Gasteiger partial charge < -0.3 is 19.4 Å². The van der Waals surface area contributed by atoms with E-state index in [-0.39, 0.29) is 11.8 Å². The lowest BCUT2D eigenvalue weighted by Gasteiger charge is -2.35. The van der Waals surface area contributed by atoms with Crippen LogP contribution in [0.15, 0.2) is 12.4 Å². The Morgan fingerprint density at radius 1 is 1.00 bits per heavy atom. The molecule has 8 nitrogen and oxygen atoms in total. The van der Waals surface area contributed by atoms with Crippen LogP contribution in [0.3, 0.4) is 0 Å². The maximum atomic E-state index is 12.5. The number of carbonyl (C=O) groups is 2. The molecule has 2 saturated heterocycles. The van der Waals surface area contributed by atoms with E-state index in [9.17, 15) is 9.59 Å². The van der Waals surface area contributed by atoms with Gasteiger partial charge in [-0.1, -0.05) is 0 Å². The van der Waals surface area contributed by atoms with Gasteiger partial charge in [-0.05, 0) is 0 Å². The predicted molar refractivity (Wildman–Crippen MR) is 83.2 cm³/mol. The maximum Gasteiger partial charge on any atom is 0.272 e. The summed E-state index contributed by atoms with van der Waals surface area (Å²) in [6, 6.07) is 1.74. The second-order valence-corrected chi connectivity index (χ2v) is 5.66. The number of hydrogen-bond donors (Lipinski definition) is 0. The van der Waals surface area contributed by atoms with Crippen LogP contribution in [0, 0.1) is 0 Å². The fourth-order valence-electron chi connectivity index (χ4n) is 2.82. The zero-order valence-corrected chi connectivity index (χ0v) is 13.3. The SMILES string of the molecule is CC(=O)N1CCN(c2cc(C(=O)N3CCOCC3)ncn2)CC1. The standard InChI is InChI=1S/C15H21N5O3/c1-12(21)18-2-4-19(5-3-18)14-10-13(16-11-17-14)15(22)20-6-8-23-9-7-20/h10-11H,2-9H2,1H3. The monoisotopic (exact) mass is 319 g/mol. The van der Waals surface area contributed by atoms with Crippen molar-refractivity contribution in [2.75, 3.05) is 57.4 Å². The Kier molecular flexibility index (Phi) is 4.71. The van der Waals surface area contributed by atoms with Crippen molar-refractivity contribution < 1.29 is 14.3 Å². The molecule has 2 fully saturated rings. The van der Waals surface area contributed by atoms with E-state index < -0.39 is 0 Å². The van der Waals surface area contributed by atoms with Crippen molar-refractivity contribution in [1.29, 1.82) is 0 Å². The molecule has 0 aliphatic carbocycles.